The van der Waals surface area contributed by atoms with Gasteiger partial charge in [0.1, 0.15) is 0 Å². The van der Waals surface area contributed by atoms with E-state index >= 15 is 0 Å². The fraction of sp³-hybridized carbons (Fsp3) is 0.714. The molecule has 0 unspecified atom stereocenters. The van der Waals surface area contributed by atoms with Crippen molar-refractivity contribution < 1.29 is 0 Å². The standard InChI is InChI=1S/C22H32S2.6CH3.2Sn/c1(3-5-7-9-11-13-21-15-17-23-19-21)2-4-6-8-10-12-14-22-16-18-24-20-22;;;;;;;;/h15-16,19-20H,1-14H2;6*1H3;;. The third kappa shape index (κ3) is 12.1. The summed E-state index contributed by atoms with van der Waals surface area (Å²) in [6.07, 6.45) is 19.9. The Morgan fingerprint density at radius 2 is 0.750 bits per heavy atom. The van der Waals surface area contributed by atoms with Crippen LogP contribution in [0.4, 0.5) is 0 Å². The number of unbranched alkanes of at least 4 members (excludes halogenated alkanes) is 11. The normalized spacial score (nSPS) is 12.6. The van der Waals surface area contributed by atoms with Crippen molar-refractivity contribution in [3.8, 4) is 0 Å². The van der Waals surface area contributed by atoms with Gasteiger partial charge in [0.15, 0.2) is 0 Å². The molecule has 0 aromatic carbocycles. The van der Waals surface area contributed by atoms with Crippen molar-refractivity contribution in [3.63, 3.8) is 0 Å². The SMILES string of the molecule is [CH3][Sn]([CH3])([CH3])[c]1cc(CCCCCCCCCCCCCCc2cs[c]([Sn]([CH3])([CH3])[CH3])c2)cs1. The van der Waals surface area contributed by atoms with Gasteiger partial charge in [0.2, 0.25) is 0 Å². The molecule has 0 aliphatic heterocycles. The fourth-order valence-electron chi connectivity index (χ4n) is 4.23. The molecule has 0 bridgehead atoms. The molecular weight excluding hydrogens is 638 g/mol. The molecule has 0 nitrogen and oxygen atoms in total. The summed E-state index contributed by atoms with van der Waals surface area (Å²) >= 11 is 0.439. The number of aryl methyl sites for hydroxylation is 2. The second kappa shape index (κ2) is 15.2. The van der Waals surface area contributed by atoms with Crippen LogP contribution in [0.25, 0.3) is 0 Å². The van der Waals surface area contributed by atoms with E-state index in [-0.39, 0.29) is 0 Å². The van der Waals surface area contributed by atoms with E-state index in [0.29, 0.717) is 0 Å². The van der Waals surface area contributed by atoms with Gasteiger partial charge in [0.05, 0.1) is 0 Å². The molecule has 2 rings (SSSR count). The van der Waals surface area contributed by atoms with Gasteiger partial charge in [-0.1, -0.05) is 0 Å². The van der Waals surface area contributed by atoms with E-state index in [0.717, 1.165) is 0 Å². The summed E-state index contributed by atoms with van der Waals surface area (Å²) in [7, 11) is 0. The minimum atomic E-state index is -1.82. The van der Waals surface area contributed by atoms with E-state index < -0.39 is 36.8 Å². The number of thiophene rings is 2. The maximum absolute atomic E-state index is 2.54. The summed E-state index contributed by atoms with van der Waals surface area (Å²) in [5.41, 5.74) is 3.23. The Labute approximate surface area is 216 Å². The zero-order valence-corrected chi connectivity index (χ0v) is 29.4. The summed E-state index contributed by atoms with van der Waals surface area (Å²) in [4.78, 5) is 15.2. The van der Waals surface area contributed by atoms with Gasteiger partial charge >= 0.3 is 219 Å². The van der Waals surface area contributed by atoms with Crippen LogP contribution in [0.5, 0.6) is 0 Å². The van der Waals surface area contributed by atoms with Gasteiger partial charge in [-0.05, 0) is 0 Å². The van der Waals surface area contributed by atoms with Crippen LogP contribution in [0.15, 0.2) is 22.9 Å². The quantitative estimate of drug-likeness (QED) is 0.115. The molecule has 0 aliphatic carbocycles. The van der Waals surface area contributed by atoms with Crippen molar-refractivity contribution in [2.75, 3.05) is 0 Å². The Hall–Kier alpha value is 0.997. The van der Waals surface area contributed by atoms with E-state index in [1.165, 1.54) is 89.9 Å². The van der Waals surface area contributed by atoms with Gasteiger partial charge in [0.25, 0.3) is 0 Å². The maximum atomic E-state index is 2.54. The number of rotatable bonds is 17. The summed E-state index contributed by atoms with van der Waals surface area (Å²) < 4.78 is 3.49. The zero-order valence-electron chi connectivity index (χ0n) is 22.0. The first-order chi connectivity index (χ1) is 15.2. The molecule has 0 atom stereocenters. The topological polar surface area (TPSA) is 0 Å². The molecule has 4 heteroatoms. The molecule has 0 saturated carbocycles. The van der Waals surface area contributed by atoms with Crippen LogP contribution in [0.3, 0.4) is 0 Å². The van der Waals surface area contributed by atoms with Crippen molar-refractivity contribution in [2.24, 2.45) is 0 Å². The Morgan fingerprint density at radius 1 is 0.469 bits per heavy atom. The van der Waals surface area contributed by atoms with Gasteiger partial charge in [-0.2, -0.15) is 0 Å². The molecular formula is C28H50S2Sn2. The average Bonchev–Trinajstić information content (AvgIpc) is 3.37. The van der Waals surface area contributed by atoms with Crippen LogP contribution in [0.1, 0.15) is 88.2 Å². The molecule has 0 radical (unpaired) electrons. The van der Waals surface area contributed by atoms with Crippen molar-refractivity contribution in [1.82, 2.24) is 0 Å². The van der Waals surface area contributed by atoms with Crippen LogP contribution < -0.4 is 5.79 Å². The summed E-state index contributed by atoms with van der Waals surface area (Å²) in [5, 5.41) is 4.87. The van der Waals surface area contributed by atoms with E-state index in [1.807, 2.05) is 22.7 Å². The second-order valence-electron chi connectivity index (χ2n) is 11.9. The molecule has 0 saturated heterocycles. The number of hydrogen-bond donors (Lipinski definition) is 0. The molecule has 2 heterocycles. The first-order valence-corrected chi connectivity index (χ1v) is 35.1. The molecule has 0 amide bonds. The first-order valence-electron chi connectivity index (χ1n) is 13.3. The Bertz CT molecular complexity index is 682. The third-order valence-electron chi connectivity index (χ3n) is 6.47. The van der Waals surface area contributed by atoms with Crippen molar-refractivity contribution >= 4 is 65.2 Å². The van der Waals surface area contributed by atoms with Crippen LogP contribution in [0, 0.1) is 0 Å². The van der Waals surface area contributed by atoms with Crippen molar-refractivity contribution in [3.05, 3.63) is 34.0 Å². The van der Waals surface area contributed by atoms with Crippen LogP contribution in [-0.4, -0.2) is 36.8 Å². The van der Waals surface area contributed by atoms with E-state index in [1.54, 1.807) is 16.9 Å². The van der Waals surface area contributed by atoms with Crippen LogP contribution in [0.2, 0.25) is 29.6 Å². The molecule has 0 fully saturated rings. The third-order valence-corrected chi connectivity index (χ3v) is 27.5. The van der Waals surface area contributed by atoms with Gasteiger partial charge in [0, 0.05) is 0 Å². The molecule has 182 valence electrons. The van der Waals surface area contributed by atoms with Crippen molar-refractivity contribution in [1.29, 1.82) is 0 Å². The molecule has 2 aromatic heterocycles. The summed E-state index contributed by atoms with van der Waals surface area (Å²) in [6.45, 7) is 0. The molecule has 0 aliphatic rings. The molecule has 0 N–H and O–H groups in total. The molecule has 32 heavy (non-hydrogen) atoms. The number of hydrogen-bond acceptors (Lipinski definition) is 2. The van der Waals surface area contributed by atoms with Gasteiger partial charge in [-0.3, -0.25) is 0 Å². The van der Waals surface area contributed by atoms with E-state index in [9.17, 15) is 0 Å². The van der Waals surface area contributed by atoms with Crippen LogP contribution in [-0.2, 0) is 12.8 Å². The zero-order chi connectivity index (χ0) is 23.5. The average molecular weight is 688 g/mol. The van der Waals surface area contributed by atoms with E-state index in [4.69, 9.17) is 0 Å². The molecule has 2 aromatic rings. The van der Waals surface area contributed by atoms with Crippen molar-refractivity contribution in [2.45, 2.75) is 120 Å². The Kier molecular flexibility index (Phi) is 13.9. The van der Waals surface area contributed by atoms with Gasteiger partial charge in [-0.25, -0.2) is 0 Å². The van der Waals surface area contributed by atoms with E-state index in [2.05, 4.69) is 52.5 Å². The summed E-state index contributed by atoms with van der Waals surface area (Å²) in [6, 6.07) is 5.07. The van der Waals surface area contributed by atoms with Gasteiger partial charge < -0.3 is 0 Å². The Balaban J connectivity index is 1.35. The predicted octanol–water partition coefficient (Wildman–Crippen LogP) is 9.37. The van der Waals surface area contributed by atoms with Gasteiger partial charge in [-0.15, -0.1) is 0 Å². The Morgan fingerprint density at radius 3 is 1.00 bits per heavy atom. The minimum absolute atomic E-state index is 1.31. The van der Waals surface area contributed by atoms with Crippen LogP contribution >= 0.6 is 22.7 Å². The fourth-order valence-corrected chi connectivity index (χ4v) is 16.9. The molecule has 0 spiro atoms. The summed E-state index contributed by atoms with van der Waals surface area (Å²) in [5.74, 6) is 0. The first kappa shape index (κ1) is 29.2. The predicted molar refractivity (Wildman–Crippen MR) is 157 cm³/mol. The second-order valence-corrected chi connectivity index (χ2v) is 44.5. The monoisotopic (exact) mass is 690 g/mol.